The average Bonchev–Trinajstić information content (AvgIpc) is 2.26. The lowest BCUT2D eigenvalue weighted by Gasteiger charge is -2.02. The Morgan fingerprint density at radius 1 is 1.40 bits per heavy atom. The number of carbonyl (C=O) groups excluding carboxylic acids is 1. The molecule has 0 saturated heterocycles. The number of nitriles is 1. The number of amides is 1. The molecule has 0 bridgehead atoms. The maximum Gasteiger partial charge on any atom is 0.260 e. The summed E-state index contributed by atoms with van der Waals surface area (Å²) < 4.78 is 0. The van der Waals surface area contributed by atoms with Gasteiger partial charge in [-0.15, -0.1) is 0 Å². The van der Waals surface area contributed by atoms with Crippen LogP contribution in [0.25, 0.3) is 5.57 Å². The van der Waals surface area contributed by atoms with E-state index in [0.29, 0.717) is 5.56 Å². The Bertz CT molecular complexity index is 454. The first kappa shape index (κ1) is 10.7. The second kappa shape index (κ2) is 4.72. The first-order valence-electron chi connectivity index (χ1n) is 4.20. The fourth-order valence-electron chi connectivity index (χ4n) is 1.17. The van der Waals surface area contributed by atoms with E-state index in [1.54, 1.807) is 36.4 Å². The Kier molecular flexibility index (Phi) is 3.36. The van der Waals surface area contributed by atoms with Crippen LogP contribution in [-0.2, 0) is 4.79 Å². The maximum absolute atomic E-state index is 10.9. The zero-order valence-electron chi connectivity index (χ0n) is 7.90. The van der Waals surface area contributed by atoms with Crippen LogP contribution in [0.5, 0.6) is 0 Å². The van der Waals surface area contributed by atoms with Crippen LogP contribution < -0.4 is 5.73 Å². The highest BCUT2D eigenvalue weighted by Gasteiger charge is 2.11. The third-order valence-electron chi connectivity index (χ3n) is 1.86. The number of nitrogens with zero attached hydrogens (tertiary/aromatic N) is 1. The van der Waals surface area contributed by atoms with Crippen molar-refractivity contribution in [3.8, 4) is 6.07 Å². The largest absolute Gasteiger partial charge is 0.365 e. The molecule has 0 aliphatic rings. The number of nitrogens with one attached hydrogen (secondary N) is 1. The van der Waals surface area contributed by atoms with Gasteiger partial charge in [0.25, 0.3) is 5.91 Å². The molecule has 0 spiro atoms. The molecule has 1 aromatic carbocycles. The van der Waals surface area contributed by atoms with Crippen molar-refractivity contribution in [1.82, 2.24) is 0 Å². The molecule has 3 N–H and O–H groups in total. The van der Waals surface area contributed by atoms with E-state index in [4.69, 9.17) is 16.4 Å². The molecule has 0 fully saturated rings. The van der Waals surface area contributed by atoms with Gasteiger partial charge >= 0.3 is 0 Å². The smallest absolute Gasteiger partial charge is 0.260 e. The van der Waals surface area contributed by atoms with Crippen molar-refractivity contribution < 1.29 is 4.79 Å². The zero-order valence-corrected chi connectivity index (χ0v) is 7.90. The molecule has 0 unspecified atom stereocenters. The van der Waals surface area contributed by atoms with E-state index in [2.05, 4.69) is 0 Å². The van der Waals surface area contributed by atoms with Gasteiger partial charge < -0.3 is 11.1 Å². The van der Waals surface area contributed by atoms with Gasteiger partial charge in [0, 0.05) is 11.8 Å². The van der Waals surface area contributed by atoms with Crippen LogP contribution in [0.15, 0.2) is 35.9 Å². The SMILES string of the molecule is N#C/C(C(N)=O)=C(/C=N)c1ccccc1. The summed E-state index contributed by atoms with van der Waals surface area (Å²) in [5, 5.41) is 15.9. The third kappa shape index (κ3) is 2.29. The lowest BCUT2D eigenvalue weighted by Crippen LogP contribution is -2.14. The summed E-state index contributed by atoms with van der Waals surface area (Å²) in [7, 11) is 0. The van der Waals surface area contributed by atoms with Crippen molar-refractivity contribution in [2.45, 2.75) is 0 Å². The predicted molar refractivity (Wildman–Crippen MR) is 57.0 cm³/mol. The number of primary amides is 1. The van der Waals surface area contributed by atoms with Gasteiger partial charge in [0.1, 0.15) is 11.6 Å². The molecule has 1 amide bonds. The fourth-order valence-corrected chi connectivity index (χ4v) is 1.17. The molecule has 15 heavy (non-hydrogen) atoms. The monoisotopic (exact) mass is 199 g/mol. The Hall–Kier alpha value is -2.41. The Morgan fingerprint density at radius 3 is 2.40 bits per heavy atom. The lowest BCUT2D eigenvalue weighted by molar-refractivity contribution is -0.114. The van der Waals surface area contributed by atoms with E-state index in [0.717, 1.165) is 6.21 Å². The normalized spacial score (nSPS) is 11.1. The number of carbonyl (C=O) groups is 1. The van der Waals surface area contributed by atoms with E-state index >= 15 is 0 Å². The van der Waals surface area contributed by atoms with E-state index in [9.17, 15) is 4.79 Å². The van der Waals surface area contributed by atoms with Crippen LogP contribution in [0.4, 0.5) is 0 Å². The lowest BCUT2D eigenvalue weighted by atomic mass is 10.0. The number of allylic oxidation sites excluding steroid dienone is 1. The molecule has 1 rings (SSSR count). The van der Waals surface area contributed by atoms with Crippen molar-refractivity contribution >= 4 is 17.7 Å². The van der Waals surface area contributed by atoms with Gasteiger partial charge in [0.15, 0.2) is 0 Å². The summed E-state index contributed by atoms with van der Waals surface area (Å²) in [6, 6.07) is 10.4. The van der Waals surface area contributed by atoms with E-state index in [1.165, 1.54) is 0 Å². The number of benzene rings is 1. The van der Waals surface area contributed by atoms with Gasteiger partial charge in [-0.25, -0.2) is 0 Å². The van der Waals surface area contributed by atoms with Crippen LogP contribution in [0.3, 0.4) is 0 Å². The molecule has 4 nitrogen and oxygen atoms in total. The third-order valence-corrected chi connectivity index (χ3v) is 1.86. The Labute approximate surface area is 87.1 Å². The molecule has 1 aromatic rings. The summed E-state index contributed by atoms with van der Waals surface area (Å²) in [5.74, 6) is -0.820. The number of nitrogens with two attached hydrogens (primary N) is 1. The topological polar surface area (TPSA) is 90.7 Å². The van der Waals surface area contributed by atoms with Crippen molar-refractivity contribution in [2.24, 2.45) is 5.73 Å². The van der Waals surface area contributed by atoms with E-state index in [1.807, 2.05) is 0 Å². The predicted octanol–water partition coefficient (Wildman–Crippen LogP) is 1.10. The summed E-state index contributed by atoms with van der Waals surface area (Å²) in [6.45, 7) is 0. The minimum absolute atomic E-state index is 0.198. The highest BCUT2D eigenvalue weighted by atomic mass is 16.1. The second-order valence-electron chi connectivity index (χ2n) is 2.78. The highest BCUT2D eigenvalue weighted by molar-refractivity contribution is 6.19. The van der Waals surface area contributed by atoms with Gasteiger partial charge in [0.05, 0.1) is 0 Å². The number of hydrogen-bond acceptors (Lipinski definition) is 3. The van der Waals surface area contributed by atoms with Crippen molar-refractivity contribution in [2.75, 3.05) is 0 Å². The summed E-state index contributed by atoms with van der Waals surface area (Å²) in [5.41, 5.74) is 5.71. The molecule has 0 heterocycles. The molecule has 4 heteroatoms. The molecular weight excluding hydrogens is 190 g/mol. The molecule has 0 saturated carbocycles. The van der Waals surface area contributed by atoms with Crippen LogP contribution >= 0.6 is 0 Å². The fraction of sp³-hybridized carbons (Fsp3) is 0. The summed E-state index contributed by atoms with van der Waals surface area (Å²) >= 11 is 0. The van der Waals surface area contributed by atoms with E-state index in [-0.39, 0.29) is 11.1 Å². The molecule has 0 aliphatic heterocycles. The zero-order chi connectivity index (χ0) is 11.3. The minimum Gasteiger partial charge on any atom is -0.365 e. The van der Waals surface area contributed by atoms with Crippen molar-refractivity contribution in [3.63, 3.8) is 0 Å². The van der Waals surface area contributed by atoms with E-state index < -0.39 is 5.91 Å². The minimum atomic E-state index is -0.820. The van der Waals surface area contributed by atoms with Gasteiger partial charge in [-0.3, -0.25) is 4.79 Å². The average molecular weight is 199 g/mol. The van der Waals surface area contributed by atoms with Crippen LogP contribution in [0.1, 0.15) is 5.56 Å². The summed E-state index contributed by atoms with van der Waals surface area (Å²) in [6.07, 6.45) is 0.957. The first-order valence-corrected chi connectivity index (χ1v) is 4.20. The standard InChI is InChI=1S/C11H9N3O/c12-6-9(10(7-13)11(14)15)8-4-2-1-3-5-8/h1-6,12H,(H2,14,15)/b10-9+,12-6?. The quantitative estimate of drug-likeness (QED) is 0.433. The van der Waals surface area contributed by atoms with Gasteiger partial charge in [0.2, 0.25) is 0 Å². The summed E-state index contributed by atoms with van der Waals surface area (Å²) in [4.78, 5) is 10.9. The highest BCUT2D eigenvalue weighted by Crippen LogP contribution is 2.15. The van der Waals surface area contributed by atoms with Crippen LogP contribution in [-0.4, -0.2) is 12.1 Å². The number of hydrogen-bond donors (Lipinski definition) is 2. The Morgan fingerprint density at radius 2 is 2.00 bits per heavy atom. The maximum atomic E-state index is 10.9. The Balaban J connectivity index is 3.37. The number of rotatable bonds is 3. The van der Waals surface area contributed by atoms with Crippen molar-refractivity contribution in [1.29, 1.82) is 10.7 Å². The molecule has 0 atom stereocenters. The molecule has 0 radical (unpaired) electrons. The van der Waals surface area contributed by atoms with Crippen molar-refractivity contribution in [3.05, 3.63) is 41.5 Å². The van der Waals surface area contributed by atoms with Crippen LogP contribution in [0, 0.1) is 16.7 Å². The second-order valence-corrected chi connectivity index (χ2v) is 2.78. The molecule has 0 aromatic heterocycles. The van der Waals surface area contributed by atoms with Crippen LogP contribution in [0.2, 0.25) is 0 Å². The van der Waals surface area contributed by atoms with Gasteiger partial charge in [-0.2, -0.15) is 5.26 Å². The molecule has 0 aliphatic carbocycles. The molecular formula is C11H9N3O. The van der Waals surface area contributed by atoms with Gasteiger partial charge in [-0.1, -0.05) is 30.3 Å². The van der Waals surface area contributed by atoms with Gasteiger partial charge in [-0.05, 0) is 5.56 Å². The molecule has 74 valence electrons. The first-order chi connectivity index (χ1) is 7.20.